The molecule has 0 aromatic rings. The van der Waals surface area contributed by atoms with Crippen molar-refractivity contribution in [2.75, 3.05) is 11.5 Å². The second kappa shape index (κ2) is 7.99. The van der Waals surface area contributed by atoms with Gasteiger partial charge in [-0.2, -0.15) is 5.26 Å². The van der Waals surface area contributed by atoms with E-state index in [1.165, 1.54) is 11.8 Å². The monoisotopic (exact) mass is 244 g/mol. The summed E-state index contributed by atoms with van der Waals surface area (Å²) in [5.74, 6) is -1.12. The number of carbonyl (C=O) groups excluding carboxylic acids is 1. The van der Waals surface area contributed by atoms with E-state index in [0.717, 1.165) is 0 Å². The predicted molar refractivity (Wildman–Crippen MR) is 62.0 cm³/mol. The van der Waals surface area contributed by atoms with Crippen LogP contribution in [-0.2, 0) is 9.59 Å². The maximum Gasteiger partial charge on any atom is 0.326 e. The average Bonchev–Trinajstić information content (AvgIpc) is 2.25. The Bertz CT molecular complexity index is 288. The highest BCUT2D eigenvalue weighted by atomic mass is 32.2. The van der Waals surface area contributed by atoms with E-state index < -0.39 is 12.0 Å². The van der Waals surface area contributed by atoms with E-state index >= 15 is 0 Å². The number of carboxylic acid groups (broad SMARTS) is 1. The summed E-state index contributed by atoms with van der Waals surface area (Å²) >= 11 is 1.17. The highest BCUT2D eigenvalue weighted by Crippen LogP contribution is 2.08. The van der Waals surface area contributed by atoms with Crippen LogP contribution in [0, 0.1) is 17.2 Å². The summed E-state index contributed by atoms with van der Waals surface area (Å²) in [5.41, 5.74) is 0. The van der Waals surface area contributed by atoms with Crippen LogP contribution in [0.3, 0.4) is 0 Å². The largest absolute Gasteiger partial charge is 0.480 e. The fraction of sp³-hybridized carbons (Fsp3) is 0.700. The number of aliphatic carboxylic acids is 1. The van der Waals surface area contributed by atoms with E-state index in [9.17, 15) is 9.59 Å². The lowest BCUT2D eigenvalue weighted by molar-refractivity contribution is -0.143. The number of hydrogen-bond acceptors (Lipinski definition) is 4. The summed E-state index contributed by atoms with van der Waals surface area (Å²) in [6.45, 7) is 3.65. The van der Waals surface area contributed by atoms with Gasteiger partial charge in [-0.05, 0) is 5.92 Å². The Morgan fingerprint density at radius 2 is 2.19 bits per heavy atom. The molecular formula is C10H16N2O3S. The molecule has 0 aromatic heterocycles. The standard InChI is InChI=1S/C10H16N2O3S/c1-3-7(2)9(10(14)15)12-8(13)6-16-5-4-11/h7,9H,3,5-6H2,1-2H3,(H,12,13)(H,14,15)/t7?,9-/m0/s1. The van der Waals surface area contributed by atoms with Crippen molar-refractivity contribution in [1.29, 1.82) is 5.26 Å². The first-order chi connectivity index (χ1) is 7.52. The van der Waals surface area contributed by atoms with Crippen molar-refractivity contribution < 1.29 is 14.7 Å². The van der Waals surface area contributed by atoms with Gasteiger partial charge in [0.05, 0.1) is 17.6 Å². The normalized spacial score (nSPS) is 13.6. The quantitative estimate of drug-likeness (QED) is 0.648. The summed E-state index contributed by atoms with van der Waals surface area (Å²) in [5, 5.41) is 19.7. The molecule has 0 spiro atoms. The molecule has 0 radical (unpaired) electrons. The van der Waals surface area contributed by atoms with E-state index in [2.05, 4.69) is 5.32 Å². The van der Waals surface area contributed by atoms with E-state index in [1.54, 1.807) is 6.92 Å². The van der Waals surface area contributed by atoms with Gasteiger partial charge in [-0.1, -0.05) is 20.3 Å². The van der Waals surface area contributed by atoms with E-state index in [-0.39, 0.29) is 23.3 Å². The van der Waals surface area contributed by atoms with Gasteiger partial charge in [-0.3, -0.25) is 4.79 Å². The van der Waals surface area contributed by atoms with Crippen molar-refractivity contribution in [3.8, 4) is 6.07 Å². The minimum Gasteiger partial charge on any atom is -0.480 e. The van der Waals surface area contributed by atoms with Crippen molar-refractivity contribution in [3.63, 3.8) is 0 Å². The average molecular weight is 244 g/mol. The van der Waals surface area contributed by atoms with Crippen LogP contribution in [0.2, 0.25) is 0 Å². The lowest BCUT2D eigenvalue weighted by atomic mass is 9.99. The third kappa shape index (κ3) is 5.61. The Morgan fingerprint density at radius 3 is 2.62 bits per heavy atom. The molecule has 0 aromatic carbocycles. The highest BCUT2D eigenvalue weighted by molar-refractivity contribution is 8.00. The van der Waals surface area contributed by atoms with Crippen molar-refractivity contribution in [2.45, 2.75) is 26.3 Å². The van der Waals surface area contributed by atoms with Crippen LogP contribution in [0.15, 0.2) is 0 Å². The molecule has 1 unspecified atom stereocenters. The molecule has 0 saturated carbocycles. The number of amides is 1. The number of carbonyl (C=O) groups is 2. The lowest BCUT2D eigenvalue weighted by Gasteiger charge is -2.19. The molecule has 2 atom stereocenters. The molecule has 2 N–H and O–H groups in total. The Labute approximate surface area is 99.2 Å². The molecule has 0 bridgehead atoms. The summed E-state index contributed by atoms with van der Waals surface area (Å²) in [7, 11) is 0. The molecular weight excluding hydrogens is 228 g/mol. The molecule has 16 heavy (non-hydrogen) atoms. The Kier molecular flexibility index (Phi) is 7.38. The fourth-order valence-corrected chi connectivity index (χ4v) is 1.55. The molecule has 0 aliphatic rings. The minimum absolute atomic E-state index is 0.109. The molecule has 90 valence electrons. The topological polar surface area (TPSA) is 90.2 Å². The van der Waals surface area contributed by atoms with Gasteiger partial charge >= 0.3 is 5.97 Å². The van der Waals surface area contributed by atoms with Crippen molar-refractivity contribution in [3.05, 3.63) is 0 Å². The number of nitrogens with one attached hydrogen (secondary N) is 1. The van der Waals surface area contributed by atoms with Crippen molar-refractivity contribution in [1.82, 2.24) is 5.32 Å². The first-order valence-corrected chi connectivity index (χ1v) is 6.15. The number of hydrogen-bond donors (Lipinski definition) is 2. The first kappa shape index (κ1) is 14.8. The summed E-state index contributed by atoms with van der Waals surface area (Å²) in [6, 6.07) is 1.05. The second-order valence-electron chi connectivity index (χ2n) is 3.42. The number of nitriles is 1. The SMILES string of the molecule is CCC(C)[C@H](NC(=O)CSCC#N)C(=O)O. The number of thioether (sulfide) groups is 1. The number of carboxylic acids is 1. The zero-order valence-corrected chi connectivity index (χ0v) is 10.2. The number of nitrogens with zero attached hydrogens (tertiary/aromatic N) is 1. The maximum atomic E-state index is 11.3. The molecule has 0 fully saturated rings. The van der Waals surface area contributed by atoms with Crippen molar-refractivity contribution >= 4 is 23.6 Å². The van der Waals surface area contributed by atoms with Gasteiger partial charge < -0.3 is 10.4 Å². The van der Waals surface area contributed by atoms with Gasteiger partial charge in [-0.15, -0.1) is 11.8 Å². The van der Waals surface area contributed by atoms with Crippen molar-refractivity contribution in [2.24, 2.45) is 5.92 Å². The lowest BCUT2D eigenvalue weighted by Crippen LogP contribution is -2.45. The fourth-order valence-electron chi connectivity index (χ4n) is 1.09. The summed E-state index contributed by atoms with van der Waals surface area (Å²) in [6.07, 6.45) is 0.683. The predicted octanol–water partition coefficient (Wildman–Crippen LogP) is 0.859. The minimum atomic E-state index is -1.02. The Hall–Kier alpha value is -1.22. The van der Waals surface area contributed by atoms with E-state index in [0.29, 0.717) is 6.42 Å². The van der Waals surface area contributed by atoms with Crippen LogP contribution in [0.5, 0.6) is 0 Å². The first-order valence-electron chi connectivity index (χ1n) is 4.99. The molecule has 0 heterocycles. The highest BCUT2D eigenvalue weighted by Gasteiger charge is 2.24. The van der Waals surface area contributed by atoms with Crippen LogP contribution in [0.25, 0.3) is 0 Å². The van der Waals surface area contributed by atoms with Gasteiger partial charge in [0.1, 0.15) is 6.04 Å². The van der Waals surface area contributed by atoms with Gasteiger partial charge in [0.15, 0.2) is 0 Å². The zero-order valence-electron chi connectivity index (χ0n) is 9.40. The smallest absolute Gasteiger partial charge is 0.326 e. The molecule has 0 aliphatic carbocycles. The molecule has 0 aliphatic heterocycles. The van der Waals surface area contributed by atoms with E-state index in [1.807, 2.05) is 13.0 Å². The summed E-state index contributed by atoms with van der Waals surface area (Å²) < 4.78 is 0. The van der Waals surface area contributed by atoms with E-state index in [4.69, 9.17) is 10.4 Å². The van der Waals surface area contributed by atoms with Gasteiger partial charge in [-0.25, -0.2) is 4.79 Å². The van der Waals surface area contributed by atoms with Crippen LogP contribution in [0.1, 0.15) is 20.3 Å². The molecule has 1 amide bonds. The molecule has 0 rings (SSSR count). The van der Waals surface area contributed by atoms with Gasteiger partial charge in [0, 0.05) is 0 Å². The Balaban J connectivity index is 4.15. The zero-order chi connectivity index (χ0) is 12.6. The Morgan fingerprint density at radius 1 is 1.56 bits per heavy atom. The van der Waals surface area contributed by atoms with Crippen LogP contribution in [-0.4, -0.2) is 34.5 Å². The number of rotatable bonds is 7. The van der Waals surface area contributed by atoms with Crippen LogP contribution < -0.4 is 5.32 Å². The molecule has 0 saturated heterocycles. The second-order valence-corrected chi connectivity index (χ2v) is 4.41. The molecule has 5 nitrogen and oxygen atoms in total. The third-order valence-corrected chi connectivity index (χ3v) is 2.99. The maximum absolute atomic E-state index is 11.3. The van der Waals surface area contributed by atoms with Gasteiger partial charge in [0.2, 0.25) is 5.91 Å². The van der Waals surface area contributed by atoms with Gasteiger partial charge in [0.25, 0.3) is 0 Å². The molecule has 6 heteroatoms. The van der Waals surface area contributed by atoms with Crippen LogP contribution in [0.4, 0.5) is 0 Å². The third-order valence-electron chi connectivity index (χ3n) is 2.20. The van der Waals surface area contributed by atoms with Crippen LogP contribution >= 0.6 is 11.8 Å². The summed E-state index contributed by atoms with van der Waals surface area (Å²) in [4.78, 5) is 22.2.